The van der Waals surface area contributed by atoms with Gasteiger partial charge >= 0.3 is 0 Å². The monoisotopic (exact) mass is 288 g/mol. The Morgan fingerprint density at radius 1 is 1.19 bits per heavy atom. The van der Waals surface area contributed by atoms with Crippen LogP contribution in [-0.4, -0.2) is 22.6 Å². The Bertz CT molecular complexity index is 586. The van der Waals surface area contributed by atoms with Gasteiger partial charge in [0.2, 0.25) is 0 Å². The number of anilines is 1. The Labute approximate surface area is 126 Å². The second-order valence-corrected chi connectivity index (χ2v) is 6.35. The molecule has 0 atom stereocenters. The van der Waals surface area contributed by atoms with Crippen LogP contribution in [0.25, 0.3) is 0 Å². The highest BCUT2D eigenvalue weighted by Gasteiger charge is 2.13. The molecule has 0 saturated carbocycles. The lowest BCUT2D eigenvalue weighted by Gasteiger charge is -2.19. The van der Waals surface area contributed by atoms with E-state index in [-0.39, 0.29) is 5.54 Å². The Kier molecular flexibility index (Phi) is 4.63. The van der Waals surface area contributed by atoms with Crippen molar-refractivity contribution in [3.63, 3.8) is 0 Å². The fraction of sp³-hybridized carbons (Fsp3) is 0.500. The quantitative estimate of drug-likeness (QED) is 0.917. The van der Waals surface area contributed by atoms with Crippen LogP contribution in [0.2, 0.25) is 0 Å². The maximum atomic E-state index is 5.54. The SMILES string of the molecule is Cc1cccc(CN(C)c2nc(CNC(C)(C)C)co2)n1. The third-order valence-corrected chi connectivity index (χ3v) is 3.01. The molecule has 2 rings (SSSR count). The zero-order chi connectivity index (χ0) is 15.5. The van der Waals surface area contributed by atoms with E-state index < -0.39 is 0 Å². The molecule has 0 fully saturated rings. The van der Waals surface area contributed by atoms with E-state index in [2.05, 4.69) is 36.1 Å². The molecule has 0 aliphatic carbocycles. The third kappa shape index (κ3) is 4.86. The van der Waals surface area contributed by atoms with E-state index in [1.54, 1.807) is 6.26 Å². The van der Waals surface area contributed by atoms with Gasteiger partial charge in [-0.3, -0.25) is 4.98 Å². The summed E-state index contributed by atoms with van der Waals surface area (Å²) < 4.78 is 5.54. The van der Waals surface area contributed by atoms with E-state index in [1.807, 2.05) is 37.1 Å². The van der Waals surface area contributed by atoms with Crippen LogP contribution in [0.15, 0.2) is 28.9 Å². The number of rotatable bonds is 5. The summed E-state index contributed by atoms with van der Waals surface area (Å²) in [4.78, 5) is 11.0. The molecule has 2 heterocycles. The lowest BCUT2D eigenvalue weighted by Crippen LogP contribution is -2.35. The Balaban J connectivity index is 1.97. The number of nitrogens with zero attached hydrogens (tertiary/aromatic N) is 3. The summed E-state index contributed by atoms with van der Waals surface area (Å²) in [5.74, 6) is 0. The van der Waals surface area contributed by atoms with Gasteiger partial charge < -0.3 is 14.6 Å². The molecular formula is C16H24N4O. The minimum Gasteiger partial charge on any atom is -0.432 e. The molecule has 0 aliphatic heterocycles. The van der Waals surface area contributed by atoms with E-state index >= 15 is 0 Å². The molecule has 0 unspecified atom stereocenters. The number of aromatic nitrogens is 2. The molecule has 0 aromatic carbocycles. The van der Waals surface area contributed by atoms with Crippen LogP contribution in [0.4, 0.5) is 6.01 Å². The van der Waals surface area contributed by atoms with Gasteiger partial charge in [-0.2, -0.15) is 4.98 Å². The minimum absolute atomic E-state index is 0.0660. The molecule has 0 spiro atoms. The number of hydrogen-bond donors (Lipinski definition) is 1. The van der Waals surface area contributed by atoms with Gasteiger partial charge in [-0.1, -0.05) is 6.07 Å². The normalized spacial score (nSPS) is 11.7. The Morgan fingerprint density at radius 2 is 1.95 bits per heavy atom. The van der Waals surface area contributed by atoms with Gasteiger partial charge in [0.05, 0.1) is 17.9 Å². The number of nitrogens with one attached hydrogen (secondary N) is 1. The fourth-order valence-electron chi connectivity index (χ4n) is 1.91. The van der Waals surface area contributed by atoms with Crippen LogP contribution in [0.1, 0.15) is 37.9 Å². The Hall–Kier alpha value is -1.88. The number of pyridine rings is 1. The third-order valence-electron chi connectivity index (χ3n) is 3.01. The van der Waals surface area contributed by atoms with Crippen LogP contribution in [0.5, 0.6) is 0 Å². The standard InChI is InChI=1S/C16H24N4O/c1-12-7-6-8-13(18-12)10-20(5)15-19-14(11-21-15)9-17-16(2,3)4/h6-8,11,17H,9-10H2,1-5H3. The zero-order valence-electron chi connectivity index (χ0n) is 13.5. The first-order valence-electron chi connectivity index (χ1n) is 7.16. The molecule has 1 N–H and O–H groups in total. The van der Waals surface area contributed by atoms with Gasteiger partial charge in [0.15, 0.2) is 0 Å². The van der Waals surface area contributed by atoms with E-state index in [0.717, 1.165) is 17.1 Å². The Morgan fingerprint density at radius 3 is 2.62 bits per heavy atom. The van der Waals surface area contributed by atoms with Crippen LogP contribution in [-0.2, 0) is 13.1 Å². The lowest BCUT2D eigenvalue weighted by molar-refractivity contribution is 0.421. The van der Waals surface area contributed by atoms with E-state index in [1.165, 1.54) is 0 Å². The van der Waals surface area contributed by atoms with Crippen molar-refractivity contribution < 1.29 is 4.42 Å². The first kappa shape index (κ1) is 15.5. The molecule has 21 heavy (non-hydrogen) atoms. The number of aryl methyl sites for hydroxylation is 1. The average molecular weight is 288 g/mol. The molecule has 2 aromatic heterocycles. The summed E-state index contributed by atoms with van der Waals surface area (Å²) in [6.07, 6.45) is 1.70. The summed E-state index contributed by atoms with van der Waals surface area (Å²) in [6.45, 7) is 9.75. The first-order valence-corrected chi connectivity index (χ1v) is 7.16. The second-order valence-electron chi connectivity index (χ2n) is 6.35. The number of oxazole rings is 1. The highest BCUT2D eigenvalue weighted by atomic mass is 16.4. The summed E-state index contributed by atoms with van der Waals surface area (Å²) >= 11 is 0. The van der Waals surface area contributed by atoms with Crippen molar-refractivity contribution in [2.24, 2.45) is 0 Å². The maximum Gasteiger partial charge on any atom is 0.297 e. The summed E-state index contributed by atoms with van der Waals surface area (Å²) in [5.41, 5.74) is 2.99. The van der Waals surface area contributed by atoms with Crippen LogP contribution in [0, 0.1) is 6.92 Å². The van der Waals surface area contributed by atoms with Gasteiger partial charge in [0, 0.05) is 24.8 Å². The van der Waals surface area contributed by atoms with E-state index in [9.17, 15) is 0 Å². The van der Waals surface area contributed by atoms with Crippen molar-refractivity contribution in [3.05, 3.63) is 41.5 Å². The number of hydrogen-bond acceptors (Lipinski definition) is 5. The van der Waals surface area contributed by atoms with Crippen molar-refractivity contribution >= 4 is 6.01 Å². The van der Waals surface area contributed by atoms with Gasteiger partial charge in [-0.05, 0) is 39.8 Å². The molecule has 0 radical (unpaired) electrons. The predicted octanol–water partition coefficient (Wildman–Crippen LogP) is 2.90. The molecule has 0 bridgehead atoms. The molecule has 5 heteroatoms. The topological polar surface area (TPSA) is 54.2 Å². The zero-order valence-corrected chi connectivity index (χ0v) is 13.5. The van der Waals surface area contributed by atoms with E-state index in [4.69, 9.17) is 4.42 Å². The highest BCUT2D eigenvalue weighted by molar-refractivity contribution is 5.27. The minimum atomic E-state index is 0.0660. The molecule has 0 saturated heterocycles. The van der Waals surface area contributed by atoms with Crippen molar-refractivity contribution in [1.82, 2.24) is 15.3 Å². The van der Waals surface area contributed by atoms with Crippen LogP contribution < -0.4 is 10.2 Å². The summed E-state index contributed by atoms with van der Waals surface area (Å²) in [6, 6.07) is 6.63. The second kappa shape index (κ2) is 6.26. The van der Waals surface area contributed by atoms with Gasteiger partial charge in [0.25, 0.3) is 6.01 Å². The summed E-state index contributed by atoms with van der Waals surface area (Å²) in [5, 5.41) is 3.39. The van der Waals surface area contributed by atoms with Gasteiger partial charge in [-0.15, -0.1) is 0 Å². The van der Waals surface area contributed by atoms with E-state index in [0.29, 0.717) is 19.1 Å². The summed E-state index contributed by atoms with van der Waals surface area (Å²) in [7, 11) is 1.96. The highest BCUT2D eigenvalue weighted by Crippen LogP contribution is 2.15. The van der Waals surface area contributed by atoms with Crippen LogP contribution in [0.3, 0.4) is 0 Å². The lowest BCUT2D eigenvalue weighted by atomic mass is 10.1. The fourth-order valence-corrected chi connectivity index (χ4v) is 1.91. The van der Waals surface area contributed by atoms with Crippen molar-refractivity contribution in [2.45, 2.75) is 46.3 Å². The molecule has 114 valence electrons. The van der Waals surface area contributed by atoms with Crippen molar-refractivity contribution in [2.75, 3.05) is 11.9 Å². The smallest absolute Gasteiger partial charge is 0.297 e. The molecular weight excluding hydrogens is 264 g/mol. The van der Waals surface area contributed by atoms with Crippen molar-refractivity contribution in [3.8, 4) is 0 Å². The van der Waals surface area contributed by atoms with Gasteiger partial charge in [-0.25, -0.2) is 0 Å². The molecule has 0 aliphatic rings. The maximum absolute atomic E-state index is 5.54. The average Bonchev–Trinajstić information content (AvgIpc) is 2.84. The first-order chi connectivity index (χ1) is 9.83. The van der Waals surface area contributed by atoms with Gasteiger partial charge in [0.1, 0.15) is 6.26 Å². The van der Waals surface area contributed by atoms with Crippen molar-refractivity contribution in [1.29, 1.82) is 0 Å². The molecule has 0 amide bonds. The van der Waals surface area contributed by atoms with Crippen LogP contribution >= 0.6 is 0 Å². The predicted molar refractivity (Wildman–Crippen MR) is 84.2 cm³/mol. The molecule has 2 aromatic rings. The largest absolute Gasteiger partial charge is 0.432 e. The molecule has 5 nitrogen and oxygen atoms in total.